The van der Waals surface area contributed by atoms with Crippen LogP contribution >= 0.6 is 0 Å². The first-order chi connectivity index (χ1) is 10.0. The first-order valence-electron chi connectivity index (χ1n) is 8.80. The molecular weight excluding hydrogens is 262 g/mol. The number of carbonyl (C=O) groups excluding carboxylic acids is 1. The van der Waals surface area contributed by atoms with Gasteiger partial charge < -0.3 is 15.5 Å². The lowest BCUT2D eigenvalue weighted by atomic mass is 9.79. The highest BCUT2D eigenvalue weighted by atomic mass is 16.2. The summed E-state index contributed by atoms with van der Waals surface area (Å²) in [6, 6.07) is 0.196. The fraction of sp³-hybridized carbons (Fsp3) is 0.941. The molecule has 3 atom stereocenters. The van der Waals surface area contributed by atoms with Gasteiger partial charge in [-0.3, -0.25) is 4.79 Å². The SMILES string of the molecule is CCN(CC)CCCN(CC)C(=O)C1CCC(C)C(N)C1. The molecule has 1 rings (SSSR count). The molecule has 0 bridgehead atoms. The lowest BCUT2D eigenvalue weighted by molar-refractivity contribution is -0.137. The molecule has 2 N–H and O–H groups in total. The van der Waals surface area contributed by atoms with Crippen LogP contribution in [0.5, 0.6) is 0 Å². The van der Waals surface area contributed by atoms with Crippen molar-refractivity contribution in [3.63, 3.8) is 0 Å². The summed E-state index contributed by atoms with van der Waals surface area (Å²) in [4.78, 5) is 17.1. The molecular formula is C17H35N3O. The monoisotopic (exact) mass is 297 g/mol. The van der Waals surface area contributed by atoms with Crippen LogP contribution in [0.15, 0.2) is 0 Å². The molecule has 0 aromatic carbocycles. The van der Waals surface area contributed by atoms with Crippen LogP contribution in [0, 0.1) is 11.8 Å². The van der Waals surface area contributed by atoms with E-state index in [1.54, 1.807) is 0 Å². The molecule has 4 heteroatoms. The Balaban J connectivity index is 2.42. The molecule has 1 fully saturated rings. The van der Waals surface area contributed by atoms with Crippen molar-refractivity contribution in [3.05, 3.63) is 0 Å². The highest BCUT2D eigenvalue weighted by molar-refractivity contribution is 5.79. The van der Waals surface area contributed by atoms with E-state index in [-0.39, 0.29) is 12.0 Å². The minimum Gasteiger partial charge on any atom is -0.343 e. The largest absolute Gasteiger partial charge is 0.343 e. The highest BCUT2D eigenvalue weighted by Crippen LogP contribution is 2.29. The molecule has 0 spiro atoms. The van der Waals surface area contributed by atoms with Crippen LogP contribution in [0.1, 0.15) is 53.4 Å². The third-order valence-corrected chi connectivity index (χ3v) is 5.10. The molecule has 4 nitrogen and oxygen atoms in total. The molecule has 21 heavy (non-hydrogen) atoms. The molecule has 1 amide bonds. The molecule has 0 heterocycles. The smallest absolute Gasteiger partial charge is 0.225 e. The van der Waals surface area contributed by atoms with Gasteiger partial charge in [-0.25, -0.2) is 0 Å². The zero-order valence-corrected chi connectivity index (χ0v) is 14.5. The summed E-state index contributed by atoms with van der Waals surface area (Å²) < 4.78 is 0. The van der Waals surface area contributed by atoms with Gasteiger partial charge in [0.05, 0.1) is 0 Å². The van der Waals surface area contributed by atoms with E-state index in [0.29, 0.717) is 11.8 Å². The van der Waals surface area contributed by atoms with Gasteiger partial charge in [-0.15, -0.1) is 0 Å². The van der Waals surface area contributed by atoms with Gasteiger partial charge in [0.25, 0.3) is 0 Å². The maximum Gasteiger partial charge on any atom is 0.225 e. The number of hydrogen-bond acceptors (Lipinski definition) is 3. The Morgan fingerprint density at radius 1 is 1.10 bits per heavy atom. The number of nitrogens with two attached hydrogens (primary N) is 1. The molecule has 1 aliphatic rings. The zero-order chi connectivity index (χ0) is 15.8. The second kappa shape index (κ2) is 9.42. The maximum atomic E-state index is 12.7. The standard InChI is InChI=1S/C17H35N3O/c1-5-19(6-2)11-8-12-20(7-3)17(21)15-10-9-14(4)16(18)13-15/h14-16H,5-13,18H2,1-4H3. The van der Waals surface area contributed by atoms with Gasteiger partial charge >= 0.3 is 0 Å². The average Bonchev–Trinajstić information content (AvgIpc) is 2.50. The van der Waals surface area contributed by atoms with E-state index in [0.717, 1.165) is 58.4 Å². The topological polar surface area (TPSA) is 49.6 Å². The predicted molar refractivity (Wildman–Crippen MR) is 89.1 cm³/mol. The van der Waals surface area contributed by atoms with E-state index in [2.05, 4.69) is 32.6 Å². The quantitative estimate of drug-likeness (QED) is 0.748. The second-order valence-corrected chi connectivity index (χ2v) is 6.45. The van der Waals surface area contributed by atoms with Crippen LogP contribution in [0.25, 0.3) is 0 Å². The van der Waals surface area contributed by atoms with Crippen molar-refractivity contribution in [3.8, 4) is 0 Å². The molecule has 0 aliphatic heterocycles. The van der Waals surface area contributed by atoms with E-state index >= 15 is 0 Å². The Bertz CT molecular complexity index is 304. The van der Waals surface area contributed by atoms with Gasteiger partial charge in [0.1, 0.15) is 0 Å². The van der Waals surface area contributed by atoms with Crippen LogP contribution in [0.2, 0.25) is 0 Å². The van der Waals surface area contributed by atoms with Crippen molar-refractivity contribution >= 4 is 5.91 Å². The number of hydrogen-bond donors (Lipinski definition) is 1. The molecule has 0 radical (unpaired) electrons. The molecule has 1 saturated carbocycles. The van der Waals surface area contributed by atoms with Gasteiger partial charge in [0.15, 0.2) is 0 Å². The van der Waals surface area contributed by atoms with Gasteiger partial charge in [0.2, 0.25) is 5.91 Å². The van der Waals surface area contributed by atoms with Crippen molar-refractivity contribution in [2.45, 2.75) is 59.4 Å². The summed E-state index contributed by atoms with van der Waals surface area (Å²) in [5.41, 5.74) is 6.15. The number of carbonyl (C=O) groups is 1. The molecule has 3 unspecified atom stereocenters. The van der Waals surface area contributed by atoms with Crippen LogP contribution < -0.4 is 5.73 Å². The fourth-order valence-corrected chi connectivity index (χ4v) is 3.29. The first kappa shape index (κ1) is 18.4. The molecule has 1 aliphatic carbocycles. The maximum absolute atomic E-state index is 12.7. The van der Waals surface area contributed by atoms with E-state index < -0.39 is 0 Å². The van der Waals surface area contributed by atoms with E-state index in [1.807, 2.05) is 4.90 Å². The fourth-order valence-electron chi connectivity index (χ4n) is 3.29. The summed E-state index contributed by atoms with van der Waals surface area (Å²) in [5.74, 6) is 1.05. The third kappa shape index (κ3) is 5.59. The Morgan fingerprint density at radius 3 is 2.29 bits per heavy atom. The summed E-state index contributed by atoms with van der Waals surface area (Å²) >= 11 is 0. The lowest BCUT2D eigenvalue weighted by Crippen LogP contribution is -2.44. The predicted octanol–water partition coefficient (Wildman–Crippen LogP) is 2.33. The summed E-state index contributed by atoms with van der Waals surface area (Å²) in [7, 11) is 0. The van der Waals surface area contributed by atoms with Crippen molar-refractivity contribution < 1.29 is 4.79 Å². The van der Waals surface area contributed by atoms with E-state index in [4.69, 9.17) is 5.73 Å². The van der Waals surface area contributed by atoms with Crippen molar-refractivity contribution in [2.75, 3.05) is 32.7 Å². The minimum atomic E-state index is 0.157. The van der Waals surface area contributed by atoms with Gasteiger partial charge in [-0.1, -0.05) is 20.8 Å². The van der Waals surface area contributed by atoms with Gasteiger partial charge in [-0.05, 0) is 58.2 Å². The molecule has 0 saturated heterocycles. The highest BCUT2D eigenvalue weighted by Gasteiger charge is 2.31. The zero-order valence-electron chi connectivity index (χ0n) is 14.5. The van der Waals surface area contributed by atoms with E-state index in [1.165, 1.54) is 0 Å². The lowest BCUT2D eigenvalue weighted by Gasteiger charge is -2.34. The van der Waals surface area contributed by atoms with Crippen molar-refractivity contribution in [2.24, 2.45) is 17.6 Å². The summed E-state index contributed by atoms with van der Waals surface area (Å²) in [6.07, 6.45) is 4.04. The van der Waals surface area contributed by atoms with Crippen LogP contribution in [-0.2, 0) is 4.79 Å². The van der Waals surface area contributed by atoms with Gasteiger partial charge in [0, 0.05) is 25.0 Å². The van der Waals surface area contributed by atoms with Crippen LogP contribution in [-0.4, -0.2) is 54.5 Å². The van der Waals surface area contributed by atoms with Crippen LogP contribution in [0.4, 0.5) is 0 Å². The second-order valence-electron chi connectivity index (χ2n) is 6.45. The summed E-state index contributed by atoms with van der Waals surface area (Å²) in [5, 5.41) is 0. The van der Waals surface area contributed by atoms with Crippen molar-refractivity contribution in [1.82, 2.24) is 9.80 Å². The Morgan fingerprint density at radius 2 is 1.76 bits per heavy atom. The number of rotatable bonds is 8. The van der Waals surface area contributed by atoms with E-state index in [9.17, 15) is 4.79 Å². The average molecular weight is 297 g/mol. The van der Waals surface area contributed by atoms with Crippen molar-refractivity contribution in [1.29, 1.82) is 0 Å². The van der Waals surface area contributed by atoms with Crippen LogP contribution in [0.3, 0.4) is 0 Å². The Kier molecular flexibility index (Phi) is 8.27. The normalized spacial score (nSPS) is 26.1. The number of amides is 1. The van der Waals surface area contributed by atoms with Gasteiger partial charge in [-0.2, -0.15) is 0 Å². The number of nitrogens with zero attached hydrogens (tertiary/aromatic N) is 2. The molecule has 124 valence electrons. The molecule has 0 aromatic rings. The summed E-state index contributed by atoms with van der Waals surface area (Å²) in [6.45, 7) is 13.6. The Hall–Kier alpha value is -0.610. The first-order valence-corrected chi connectivity index (χ1v) is 8.80. The minimum absolute atomic E-state index is 0.157. The molecule has 0 aromatic heterocycles. The Labute approximate surface area is 131 Å². The third-order valence-electron chi connectivity index (χ3n) is 5.10.